The third kappa shape index (κ3) is 7.49. The quantitative estimate of drug-likeness (QED) is 0.691. The summed E-state index contributed by atoms with van der Waals surface area (Å²) in [4.78, 5) is 0. The van der Waals surface area contributed by atoms with Crippen LogP contribution in [0.2, 0.25) is 0 Å². The van der Waals surface area contributed by atoms with Gasteiger partial charge in [-0.2, -0.15) is 0 Å². The fourth-order valence-electron chi connectivity index (χ4n) is 1.46. The van der Waals surface area contributed by atoms with Gasteiger partial charge in [0.25, 0.3) is 0 Å². The van der Waals surface area contributed by atoms with Crippen molar-refractivity contribution < 1.29 is 17.0 Å². The van der Waals surface area contributed by atoms with Gasteiger partial charge in [-0.25, -0.2) is 8.42 Å². The molecule has 0 aromatic carbocycles. The number of nitrogens with one attached hydrogen (secondary N) is 1. The summed E-state index contributed by atoms with van der Waals surface area (Å²) in [5.41, 5.74) is 0. The SMILES string of the molecule is CCCNCc1ccc(CS(=O)CCS(C)(=O)=O)o1. The Morgan fingerprint density at radius 2 is 2.00 bits per heavy atom. The Balaban J connectivity index is 2.38. The molecule has 0 aliphatic heterocycles. The molecule has 1 aromatic rings. The lowest BCUT2D eigenvalue weighted by molar-refractivity contribution is 0.458. The Hall–Kier alpha value is -0.660. The molecule has 1 heterocycles. The number of furan rings is 1. The third-order valence-electron chi connectivity index (χ3n) is 2.43. The summed E-state index contributed by atoms with van der Waals surface area (Å²) in [5, 5.41) is 3.21. The van der Waals surface area contributed by atoms with E-state index in [0.29, 0.717) is 12.3 Å². The van der Waals surface area contributed by atoms with Crippen molar-refractivity contribution in [2.45, 2.75) is 25.6 Å². The molecule has 5 nitrogen and oxygen atoms in total. The van der Waals surface area contributed by atoms with Gasteiger partial charge in [0, 0.05) is 22.8 Å². The van der Waals surface area contributed by atoms with Crippen LogP contribution in [-0.4, -0.2) is 36.9 Å². The second-order valence-electron chi connectivity index (χ2n) is 4.46. The summed E-state index contributed by atoms with van der Waals surface area (Å²) in [6.07, 6.45) is 2.21. The van der Waals surface area contributed by atoms with Gasteiger partial charge in [-0.15, -0.1) is 0 Å². The molecule has 1 rings (SSSR count). The van der Waals surface area contributed by atoms with E-state index in [-0.39, 0.29) is 17.3 Å². The first kappa shape index (κ1) is 16.4. The first-order valence-corrected chi connectivity index (χ1v) is 9.76. The fraction of sp³-hybridized carbons (Fsp3) is 0.667. The van der Waals surface area contributed by atoms with Gasteiger partial charge in [0.2, 0.25) is 0 Å². The molecule has 0 amide bonds. The summed E-state index contributed by atoms with van der Waals surface area (Å²) >= 11 is 0. The third-order valence-corrected chi connectivity index (χ3v) is 4.90. The first-order chi connectivity index (χ1) is 8.90. The van der Waals surface area contributed by atoms with Crippen molar-refractivity contribution in [3.63, 3.8) is 0 Å². The predicted molar refractivity (Wildman–Crippen MR) is 77.1 cm³/mol. The molecule has 1 atom stereocenters. The maximum atomic E-state index is 11.7. The zero-order valence-electron chi connectivity index (χ0n) is 11.3. The minimum atomic E-state index is -3.05. The number of hydrogen-bond acceptors (Lipinski definition) is 5. The van der Waals surface area contributed by atoms with E-state index in [9.17, 15) is 12.6 Å². The van der Waals surface area contributed by atoms with Gasteiger partial charge in [0.05, 0.1) is 18.1 Å². The Bertz CT molecular complexity index is 508. The molecule has 1 N–H and O–H groups in total. The summed E-state index contributed by atoms with van der Waals surface area (Å²) in [6.45, 7) is 3.67. The van der Waals surface area contributed by atoms with Crippen LogP contribution in [0.3, 0.4) is 0 Å². The molecule has 1 aromatic heterocycles. The zero-order chi connectivity index (χ0) is 14.3. The van der Waals surface area contributed by atoms with Crippen molar-refractivity contribution >= 4 is 20.6 Å². The van der Waals surface area contributed by atoms with Gasteiger partial charge in [0.1, 0.15) is 21.4 Å². The summed E-state index contributed by atoms with van der Waals surface area (Å²) < 4.78 is 39.2. The Morgan fingerprint density at radius 3 is 2.63 bits per heavy atom. The first-order valence-electron chi connectivity index (χ1n) is 6.21. The average Bonchev–Trinajstić information content (AvgIpc) is 2.74. The standard InChI is InChI=1S/C12H21NO4S2/c1-3-6-13-9-11-4-5-12(17-11)10-18(14)7-8-19(2,15)16/h4-5,13H,3,6-10H2,1-2H3. The van der Waals surface area contributed by atoms with Gasteiger partial charge in [-0.3, -0.25) is 4.21 Å². The molecule has 0 aliphatic carbocycles. The van der Waals surface area contributed by atoms with Gasteiger partial charge < -0.3 is 9.73 Å². The minimum absolute atomic E-state index is 0.0504. The van der Waals surface area contributed by atoms with Crippen LogP contribution in [0.15, 0.2) is 16.5 Å². The average molecular weight is 307 g/mol. The maximum Gasteiger partial charge on any atom is 0.148 e. The summed E-state index contributed by atoms with van der Waals surface area (Å²) in [6, 6.07) is 3.65. The van der Waals surface area contributed by atoms with E-state index in [1.54, 1.807) is 6.07 Å². The van der Waals surface area contributed by atoms with Crippen LogP contribution in [0.25, 0.3) is 0 Å². The van der Waals surface area contributed by atoms with E-state index < -0.39 is 20.6 Å². The molecular weight excluding hydrogens is 286 g/mol. The molecule has 0 aliphatic rings. The van der Waals surface area contributed by atoms with Crippen LogP contribution in [0.1, 0.15) is 24.9 Å². The lowest BCUT2D eigenvalue weighted by Crippen LogP contribution is -2.13. The maximum absolute atomic E-state index is 11.7. The monoisotopic (exact) mass is 307 g/mol. The molecule has 0 spiro atoms. The second kappa shape index (κ2) is 7.81. The van der Waals surface area contributed by atoms with Gasteiger partial charge in [-0.1, -0.05) is 6.92 Å². The van der Waals surface area contributed by atoms with E-state index in [1.807, 2.05) is 6.07 Å². The Labute approximate surface area is 117 Å². The van der Waals surface area contributed by atoms with Crippen LogP contribution in [0, 0.1) is 0 Å². The smallest absolute Gasteiger partial charge is 0.148 e. The highest BCUT2D eigenvalue weighted by Crippen LogP contribution is 2.10. The number of rotatable bonds is 9. The van der Waals surface area contributed by atoms with Gasteiger partial charge >= 0.3 is 0 Å². The summed E-state index contributed by atoms with van der Waals surface area (Å²) in [7, 11) is -4.26. The van der Waals surface area contributed by atoms with E-state index in [2.05, 4.69) is 12.2 Å². The molecule has 0 fully saturated rings. The van der Waals surface area contributed by atoms with Crippen LogP contribution in [-0.2, 0) is 32.9 Å². The second-order valence-corrected chi connectivity index (χ2v) is 8.30. The van der Waals surface area contributed by atoms with Crippen molar-refractivity contribution in [3.8, 4) is 0 Å². The fourth-order valence-corrected chi connectivity index (χ4v) is 4.03. The van der Waals surface area contributed by atoms with Crippen LogP contribution >= 0.6 is 0 Å². The molecule has 110 valence electrons. The molecule has 7 heteroatoms. The van der Waals surface area contributed by atoms with E-state index in [4.69, 9.17) is 4.42 Å². The zero-order valence-corrected chi connectivity index (χ0v) is 13.0. The van der Waals surface area contributed by atoms with E-state index in [1.165, 1.54) is 0 Å². The van der Waals surface area contributed by atoms with E-state index >= 15 is 0 Å². The number of hydrogen-bond donors (Lipinski definition) is 1. The Kier molecular flexibility index (Phi) is 6.74. The van der Waals surface area contributed by atoms with Crippen molar-refractivity contribution in [2.75, 3.05) is 24.3 Å². The molecule has 0 saturated carbocycles. The highest BCUT2D eigenvalue weighted by Gasteiger charge is 2.10. The Morgan fingerprint density at radius 1 is 1.32 bits per heavy atom. The topological polar surface area (TPSA) is 76.4 Å². The highest BCUT2D eigenvalue weighted by molar-refractivity contribution is 7.92. The van der Waals surface area contributed by atoms with Crippen molar-refractivity contribution in [1.29, 1.82) is 0 Å². The molecule has 0 saturated heterocycles. The predicted octanol–water partition coefficient (Wildman–Crippen LogP) is 1.07. The largest absolute Gasteiger partial charge is 0.464 e. The van der Waals surface area contributed by atoms with E-state index in [0.717, 1.165) is 25.0 Å². The lowest BCUT2D eigenvalue weighted by atomic mass is 10.4. The van der Waals surface area contributed by atoms with Crippen LogP contribution in [0.4, 0.5) is 0 Å². The van der Waals surface area contributed by atoms with Crippen molar-refractivity contribution in [1.82, 2.24) is 5.32 Å². The molecule has 1 unspecified atom stereocenters. The number of sulfone groups is 1. The normalized spacial score (nSPS) is 13.6. The van der Waals surface area contributed by atoms with Crippen molar-refractivity contribution in [3.05, 3.63) is 23.7 Å². The van der Waals surface area contributed by atoms with Crippen LogP contribution < -0.4 is 5.32 Å². The van der Waals surface area contributed by atoms with Gasteiger partial charge in [0.15, 0.2) is 0 Å². The minimum Gasteiger partial charge on any atom is -0.464 e. The molecular formula is C12H21NO4S2. The van der Waals surface area contributed by atoms with Gasteiger partial charge in [-0.05, 0) is 25.1 Å². The lowest BCUT2D eigenvalue weighted by Gasteiger charge is -2.00. The van der Waals surface area contributed by atoms with Crippen molar-refractivity contribution in [2.24, 2.45) is 0 Å². The molecule has 0 radical (unpaired) electrons. The highest BCUT2D eigenvalue weighted by atomic mass is 32.2. The molecule has 19 heavy (non-hydrogen) atoms. The summed E-state index contributed by atoms with van der Waals surface area (Å²) in [5.74, 6) is 1.82. The van der Waals surface area contributed by atoms with Crippen LogP contribution in [0.5, 0.6) is 0 Å². The molecule has 0 bridgehead atoms.